The first kappa shape index (κ1) is 18.9. The minimum atomic E-state index is 0. The van der Waals surface area contributed by atoms with Crippen molar-refractivity contribution in [3.63, 3.8) is 0 Å². The normalized spacial score (nSPS) is 1.50. The minimum Gasteiger partial charge on any atom is -1.00 e. The average Bonchev–Trinajstić information content (AvgIpc) is 1.00. The van der Waals surface area contributed by atoms with E-state index < -0.39 is 0 Å². The Bertz CT molecular complexity index is 11.6. The summed E-state index contributed by atoms with van der Waals surface area (Å²) >= 11 is 4.14. The number of rotatable bonds is 0. The van der Waals surface area contributed by atoms with Crippen molar-refractivity contribution in [2.45, 2.75) is 0 Å². The molecule has 0 aromatic carbocycles. The zero-order valence-corrected chi connectivity index (χ0v) is 5.21. The molecule has 0 radical (unpaired) electrons. The number of hydrogen-bond acceptors (Lipinski definition) is 1. The molecular weight excluding hydrogens is 88.4 g/mol. The zero-order chi connectivity index (χ0) is 2.00. The van der Waals surface area contributed by atoms with Crippen molar-refractivity contribution in [2.24, 2.45) is 5.25 Å². The van der Waals surface area contributed by atoms with Gasteiger partial charge in [0.2, 0.25) is 0 Å². The van der Waals surface area contributed by atoms with E-state index in [9.17, 15) is 0 Å². The summed E-state index contributed by atoms with van der Waals surface area (Å²) < 4.78 is 0. The van der Waals surface area contributed by atoms with E-state index in [-0.39, 0.29) is 36.5 Å². The largest absolute Gasteiger partial charge is 1.00 e. The molecule has 0 fully saturated rings. The summed E-state index contributed by atoms with van der Waals surface area (Å²) in [7, 11) is 0. The molecule has 0 atom stereocenters. The van der Waals surface area contributed by atoms with Crippen LogP contribution >= 0.6 is 11.8 Å². The van der Waals surface area contributed by atoms with Crippen LogP contribution in [0.1, 0.15) is 1.43 Å². The van der Waals surface area contributed by atoms with Gasteiger partial charge in [0.1, 0.15) is 0 Å². The van der Waals surface area contributed by atoms with Gasteiger partial charge in [0, 0.05) is 0 Å². The van der Waals surface area contributed by atoms with Gasteiger partial charge < -0.3 is 6.90 Å². The van der Waals surface area contributed by atoms with Crippen molar-refractivity contribution in [1.29, 1.82) is 0 Å². The smallest absolute Gasteiger partial charge is 1.00 e. The van der Waals surface area contributed by atoms with Crippen LogP contribution in [-0.2, 0) is 0 Å². The maximum absolute atomic E-state index is 4.14. The summed E-state index contributed by atoms with van der Waals surface area (Å²) in [6.45, 7) is 0. The Hall–Kier alpha value is 1.21. The Morgan fingerprint density at radius 3 is 1.50 bits per heavy atom. The van der Waals surface area contributed by atoms with E-state index in [1.165, 1.54) is 0 Å². The first-order valence-electron chi connectivity index (χ1n) is 0.218. The fraction of sp³-hybridized carbons (Fsp3) is 0. The van der Waals surface area contributed by atoms with Crippen LogP contribution in [-0.4, -0.2) is 5.48 Å². The molecule has 0 amide bonds. The SMILES string of the molecule is NCl.O.[H-].[Na+]. The molecule has 0 bridgehead atoms. The number of halogens is 1. The third-order valence-electron chi connectivity index (χ3n) is 0. The summed E-state index contributed by atoms with van der Waals surface area (Å²) in [6.07, 6.45) is 0. The molecule has 4 N–H and O–H groups in total. The maximum atomic E-state index is 4.14. The molecule has 0 aliphatic heterocycles. The fourth-order valence-corrected chi connectivity index (χ4v) is 0. The summed E-state index contributed by atoms with van der Waals surface area (Å²) in [6, 6.07) is 0. The molecule has 0 aliphatic carbocycles. The molecule has 0 rings (SSSR count). The van der Waals surface area contributed by atoms with Gasteiger partial charge in [0.15, 0.2) is 0 Å². The summed E-state index contributed by atoms with van der Waals surface area (Å²) in [5.41, 5.74) is 0. The van der Waals surface area contributed by atoms with Crippen molar-refractivity contribution in [1.82, 2.24) is 0 Å². The predicted molar refractivity (Wildman–Crippen MR) is 14.8 cm³/mol. The molecule has 0 aromatic heterocycles. The first-order valence-corrected chi connectivity index (χ1v) is 0.655. The summed E-state index contributed by atoms with van der Waals surface area (Å²) in [5.74, 6) is 0. The van der Waals surface area contributed by atoms with Gasteiger partial charge in [0.25, 0.3) is 0 Å². The van der Waals surface area contributed by atoms with Crippen molar-refractivity contribution in [3.05, 3.63) is 0 Å². The molecule has 4 heteroatoms. The van der Waals surface area contributed by atoms with Crippen LogP contribution in [0.15, 0.2) is 0 Å². The quantitative estimate of drug-likeness (QED) is 0.244. The van der Waals surface area contributed by atoms with E-state index in [1.807, 2.05) is 0 Å². The second kappa shape index (κ2) is 29.6. The molecule has 0 heterocycles. The topological polar surface area (TPSA) is 57.5 Å². The van der Waals surface area contributed by atoms with Crippen molar-refractivity contribution in [2.75, 3.05) is 0 Å². The van der Waals surface area contributed by atoms with E-state index in [0.717, 1.165) is 0 Å². The van der Waals surface area contributed by atoms with E-state index in [0.29, 0.717) is 0 Å². The van der Waals surface area contributed by atoms with Gasteiger partial charge >= 0.3 is 29.6 Å². The molecule has 4 heavy (non-hydrogen) atoms. The maximum Gasteiger partial charge on any atom is 1.00 e. The van der Waals surface area contributed by atoms with Crippen LogP contribution in [0.2, 0.25) is 0 Å². The van der Waals surface area contributed by atoms with Crippen LogP contribution in [0.25, 0.3) is 0 Å². The Morgan fingerprint density at radius 2 is 1.50 bits per heavy atom. The number of nitrogens with two attached hydrogens (primary N) is 1. The van der Waals surface area contributed by atoms with Gasteiger partial charge in [-0.15, -0.1) is 0 Å². The monoisotopic (exact) mass is 93.0 g/mol. The van der Waals surface area contributed by atoms with Crippen molar-refractivity contribution < 1.29 is 36.5 Å². The average molecular weight is 93.5 g/mol. The van der Waals surface area contributed by atoms with Crippen LogP contribution < -0.4 is 34.8 Å². The molecule has 0 unspecified atom stereocenters. The Kier molecular flexibility index (Phi) is 140. The second-order valence-electron chi connectivity index (χ2n) is 0. The molecular formula is H5ClNNaO. The zero-order valence-electron chi connectivity index (χ0n) is 3.46. The van der Waals surface area contributed by atoms with E-state index in [1.54, 1.807) is 0 Å². The van der Waals surface area contributed by atoms with Crippen LogP contribution in [0.4, 0.5) is 0 Å². The van der Waals surface area contributed by atoms with Crippen molar-refractivity contribution >= 4 is 11.8 Å². The van der Waals surface area contributed by atoms with E-state index in [2.05, 4.69) is 17.0 Å². The van der Waals surface area contributed by atoms with Crippen LogP contribution in [0.3, 0.4) is 0 Å². The summed E-state index contributed by atoms with van der Waals surface area (Å²) in [5, 5.41) is 3.97. The number of hydrogen-bond donors (Lipinski definition) is 1. The predicted octanol–water partition coefficient (Wildman–Crippen LogP) is -3.61. The molecule has 2 nitrogen and oxygen atoms in total. The van der Waals surface area contributed by atoms with Gasteiger partial charge in [-0.1, -0.05) is 0 Å². The van der Waals surface area contributed by atoms with Gasteiger partial charge in [0.05, 0.1) is 0 Å². The molecule has 24 valence electrons. The molecule has 0 saturated carbocycles. The van der Waals surface area contributed by atoms with Gasteiger partial charge in [-0.05, 0) is 11.8 Å². The summed E-state index contributed by atoms with van der Waals surface area (Å²) in [4.78, 5) is 0. The van der Waals surface area contributed by atoms with Crippen LogP contribution in [0, 0.1) is 0 Å². The Balaban J connectivity index is -0.00000000167. The minimum absolute atomic E-state index is 0. The van der Waals surface area contributed by atoms with Gasteiger partial charge in [-0.2, -0.15) is 0 Å². The van der Waals surface area contributed by atoms with Gasteiger partial charge in [-0.3, -0.25) is 0 Å². The Labute approximate surface area is 53.5 Å². The van der Waals surface area contributed by atoms with E-state index in [4.69, 9.17) is 0 Å². The molecule has 0 aliphatic rings. The standard InChI is InChI=1S/ClH2N.Na.H2O.H/c1-2;;;/h2H2;;1H2;/q;+1;;-1. The van der Waals surface area contributed by atoms with E-state index >= 15 is 0 Å². The van der Waals surface area contributed by atoms with Gasteiger partial charge in [-0.25, -0.2) is 5.25 Å². The van der Waals surface area contributed by atoms with Crippen LogP contribution in [0.5, 0.6) is 0 Å². The third kappa shape index (κ3) is 10.7. The third-order valence-corrected chi connectivity index (χ3v) is 0. The second-order valence-corrected chi connectivity index (χ2v) is 0. The molecule has 0 spiro atoms. The van der Waals surface area contributed by atoms with Crippen molar-refractivity contribution in [3.8, 4) is 0 Å². The molecule has 0 aromatic rings. The Morgan fingerprint density at radius 1 is 1.50 bits per heavy atom. The molecule has 0 saturated heterocycles. The first-order chi connectivity index (χ1) is 1.00. The fourth-order valence-electron chi connectivity index (χ4n) is 0.